The van der Waals surface area contributed by atoms with Crippen molar-refractivity contribution in [3.8, 4) is 0 Å². The predicted molar refractivity (Wildman–Crippen MR) is 69.1 cm³/mol. The van der Waals surface area contributed by atoms with Gasteiger partial charge in [-0.15, -0.1) is 22.9 Å². The van der Waals surface area contributed by atoms with E-state index in [0.717, 1.165) is 24.3 Å². The van der Waals surface area contributed by atoms with Gasteiger partial charge in [-0.05, 0) is 19.8 Å². The van der Waals surface area contributed by atoms with E-state index in [0.29, 0.717) is 16.6 Å². The van der Waals surface area contributed by atoms with Crippen LogP contribution >= 0.6 is 22.9 Å². The van der Waals surface area contributed by atoms with E-state index in [-0.39, 0.29) is 6.04 Å². The van der Waals surface area contributed by atoms with E-state index < -0.39 is 10.0 Å². The molecule has 0 amide bonds. The van der Waals surface area contributed by atoms with Gasteiger partial charge in [0.15, 0.2) is 4.21 Å². The van der Waals surface area contributed by atoms with E-state index in [1.807, 2.05) is 0 Å². The van der Waals surface area contributed by atoms with Crippen molar-refractivity contribution in [3.05, 3.63) is 11.2 Å². The maximum absolute atomic E-state index is 12.4. The summed E-state index contributed by atoms with van der Waals surface area (Å²) in [6.45, 7) is 2.37. The molecule has 0 saturated carbocycles. The Morgan fingerprint density at radius 1 is 1.59 bits per heavy atom. The summed E-state index contributed by atoms with van der Waals surface area (Å²) in [5.41, 5.74) is 0. The van der Waals surface area contributed by atoms with Gasteiger partial charge in [-0.3, -0.25) is 0 Å². The number of aryl methyl sites for hydroxylation is 1. The Labute approximate surface area is 111 Å². The summed E-state index contributed by atoms with van der Waals surface area (Å²) < 4.78 is 26.7. The third kappa shape index (κ3) is 2.65. The van der Waals surface area contributed by atoms with E-state index in [1.54, 1.807) is 6.92 Å². The van der Waals surface area contributed by atoms with Crippen LogP contribution in [0.3, 0.4) is 0 Å². The summed E-state index contributed by atoms with van der Waals surface area (Å²) in [6, 6.07) is -0.0715. The van der Waals surface area contributed by atoms with Crippen molar-refractivity contribution < 1.29 is 8.42 Å². The third-order valence-corrected chi connectivity index (χ3v) is 6.57. The zero-order valence-electron chi connectivity index (χ0n) is 9.60. The van der Waals surface area contributed by atoms with Crippen molar-refractivity contribution in [2.45, 2.75) is 36.4 Å². The molecule has 0 spiro atoms. The quantitative estimate of drug-likeness (QED) is 0.803. The minimum absolute atomic E-state index is 0.0715. The van der Waals surface area contributed by atoms with Gasteiger partial charge in [0.05, 0.1) is 11.2 Å². The van der Waals surface area contributed by atoms with Crippen LogP contribution in [0.4, 0.5) is 0 Å². The van der Waals surface area contributed by atoms with Crippen molar-refractivity contribution >= 4 is 33.0 Å². The van der Waals surface area contributed by atoms with E-state index >= 15 is 0 Å². The molecule has 1 aliphatic rings. The first-order valence-electron chi connectivity index (χ1n) is 5.56. The molecule has 1 fully saturated rings. The number of hydrogen-bond donors (Lipinski definition) is 0. The van der Waals surface area contributed by atoms with Crippen LogP contribution in [0, 0.1) is 6.92 Å². The lowest BCUT2D eigenvalue weighted by Gasteiger charge is -2.32. The molecule has 4 nitrogen and oxygen atoms in total. The number of alkyl halides is 1. The molecule has 0 bridgehead atoms. The smallest absolute Gasteiger partial charge is 0.249 e. The van der Waals surface area contributed by atoms with Crippen LogP contribution in [0.15, 0.2) is 10.4 Å². The highest BCUT2D eigenvalue weighted by Gasteiger charge is 2.34. The second-order valence-electron chi connectivity index (χ2n) is 4.12. The van der Waals surface area contributed by atoms with Crippen molar-refractivity contribution in [1.29, 1.82) is 0 Å². The van der Waals surface area contributed by atoms with Crippen LogP contribution in [0.2, 0.25) is 0 Å². The van der Waals surface area contributed by atoms with Crippen LogP contribution in [0.1, 0.15) is 24.3 Å². The highest BCUT2D eigenvalue weighted by molar-refractivity contribution is 7.91. The van der Waals surface area contributed by atoms with Crippen LogP contribution in [0.25, 0.3) is 0 Å². The molecule has 7 heteroatoms. The Morgan fingerprint density at radius 2 is 2.35 bits per heavy atom. The minimum atomic E-state index is -3.40. The van der Waals surface area contributed by atoms with Gasteiger partial charge in [0.2, 0.25) is 0 Å². The average Bonchev–Trinajstić information content (AvgIpc) is 2.76. The molecule has 1 aromatic rings. The van der Waals surface area contributed by atoms with Gasteiger partial charge >= 0.3 is 0 Å². The summed E-state index contributed by atoms with van der Waals surface area (Å²) >= 11 is 7.07. The Morgan fingerprint density at radius 3 is 2.94 bits per heavy atom. The van der Waals surface area contributed by atoms with Gasteiger partial charge in [-0.25, -0.2) is 13.4 Å². The number of nitrogens with zero attached hydrogens (tertiary/aromatic N) is 2. The van der Waals surface area contributed by atoms with E-state index in [1.165, 1.54) is 21.8 Å². The molecule has 1 atom stereocenters. The monoisotopic (exact) mass is 294 g/mol. The molecule has 0 radical (unpaired) electrons. The maximum atomic E-state index is 12.4. The molecule has 1 aliphatic heterocycles. The lowest BCUT2D eigenvalue weighted by Crippen LogP contribution is -2.44. The molecular weight excluding hydrogens is 280 g/mol. The average molecular weight is 295 g/mol. The van der Waals surface area contributed by atoms with Gasteiger partial charge < -0.3 is 0 Å². The predicted octanol–water partition coefficient (Wildman–Crippen LogP) is 2.23. The van der Waals surface area contributed by atoms with Gasteiger partial charge in [0.25, 0.3) is 10.0 Å². The van der Waals surface area contributed by atoms with Gasteiger partial charge in [-0.2, -0.15) is 4.31 Å². The van der Waals surface area contributed by atoms with Crippen molar-refractivity contribution in [1.82, 2.24) is 9.29 Å². The lowest BCUT2D eigenvalue weighted by molar-refractivity contribution is 0.272. The molecule has 1 unspecified atom stereocenters. The van der Waals surface area contributed by atoms with E-state index in [4.69, 9.17) is 11.6 Å². The van der Waals surface area contributed by atoms with Crippen LogP contribution in [-0.4, -0.2) is 36.2 Å². The summed E-state index contributed by atoms with van der Waals surface area (Å²) in [5, 5.41) is 0.767. The fourth-order valence-corrected chi connectivity index (χ4v) is 5.36. The number of sulfonamides is 1. The van der Waals surface area contributed by atoms with Crippen molar-refractivity contribution in [3.63, 3.8) is 0 Å². The lowest BCUT2D eigenvalue weighted by atomic mass is 10.1. The number of piperidine rings is 1. The Balaban J connectivity index is 2.30. The largest absolute Gasteiger partial charge is 0.254 e. The van der Waals surface area contributed by atoms with Gasteiger partial charge in [0.1, 0.15) is 0 Å². The fraction of sp³-hybridized carbons (Fsp3) is 0.700. The SMILES string of the molecule is Cc1ncc(S(=O)(=O)N2CCCCC2CCl)s1. The first kappa shape index (κ1) is 13.3. The molecule has 17 heavy (non-hydrogen) atoms. The van der Waals surface area contributed by atoms with E-state index in [9.17, 15) is 8.42 Å². The zero-order valence-corrected chi connectivity index (χ0v) is 12.0. The maximum Gasteiger partial charge on any atom is 0.254 e. The third-order valence-electron chi connectivity index (χ3n) is 2.91. The summed E-state index contributed by atoms with van der Waals surface area (Å²) in [7, 11) is -3.40. The van der Waals surface area contributed by atoms with Gasteiger partial charge in [0, 0.05) is 18.5 Å². The summed E-state index contributed by atoms with van der Waals surface area (Å²) in [5.74, 6) is 0.358. The second-order valence-corrected chi connectivity index (χ2v) is 7.78. The van der Waals surface area contributed by atoms with Crippen LogP contribution in [0.5, 0.6) is 0 Å². The number of aromatic nitrogens is 1. The molecule has 96 valence electrons. The standard InChI is InChI=1S/C10H15ClN2O2S2/c1-8-12-7-10(16-8)17(14,15)13-5-3-2-4-9(13)6-11/h7,9H,2-6H2,1H3. The second kappa shape index (κ2) is 5.22. The molecule has 2 rings (SSSR count). The molecule has 1 aromatic heterocycles. The van der Waals surface area contributed by atoms with E-state index in [2.05, 4.69) is 4.98 Å². The molecular formula is C10H15ClN2O2S2. The molecule has 0 aromatic carbocycles. The van der Waals surface area contributed by atoms with Crippen molar-refractivity contribution in [2.24, 2.45) is 0 Å². The van der Waals surface area contributed by atoms with Crippen molar-refractivity contribution in [2.75, 3.05) is 12.4 Å². The number of rotatable bonds is 3. The molecule has 1 saturated heterocycles. The summed E-state index contributed by atoms with van der Waals surface area (Å²) in [6.07, 6.45) is 4.24. The van der Waals surface area contributed by atoms with Gasteiger partial charge in [-0.1, -0.05) is 6.42 Å². The Kier molecular flexibility index (Phi) is 4.07. The first-order chi connectivity index (χ1) is 8.05. The normalized spacial score (nSPS) is 22.8. The number of halogens is 1. The Hall–Kier alpha value is -0.170. The fourth-order valence-electron chi connectivity index (χ4n) is 2.02. The van der Waals surface area contributed by atoms with Crippen LogP contribution in [-0.2, 0) is 10.0 Å². The van der Waals surface area contributed by atoms with Crippen LogP contribution < -0.4 is 0 Å². The topological polar surface area (TPSA) is 50.3 Å². The minimum Gasteiger partial charge on any atom is -0.249 e. The Bertz CT molecular complexity index is 486. The molecule has 0 aliphatic carbocycles. The summed E-state index contributed by atoms with van der Waals surface area (Å²) in [4.78, 5) is 4.01. The highest BCUT2D eigenvalue weighted by atomic mass is 35.5. The number of thiazole rings is 1. The first-order valence-corrected chi connectivity index (χ1v) is 8.35. The molecule has 2 heterocycles. The zero-order chi connectivity index (χ0) is 12.5. The number of hydrogen-bond acceptors (Lipinski definition) is 4. The highest BCUT2D eigenvalue weighted by Crippen LogP contribution is 2.28. The molecule has 0 N–H and O–H groups in total.